The molecule has 0 aliphatic carbocycles. The van der Waals surface area contributed by atoms with Crippen molar-refractivity contribution >= 4 is 11.5 Å². The molecule has 0 amide bonds. The molecule has 3 nitrogen and oxygen atoms in total. The van der Waals surface area contributed by atoms with Gasteiger partial charge in [0, 0.05) is 11.9 Å². The predicted octanol–water partition coefficient (Wildman–Crippen LogP) is 4.50. The van der Waals surface area contributed by atoms with Gasteiger partial charge in [0.25, 0.3) is 0 Å². The topological polar surface area (TPSA) is 34.1 Å². The SMILES string of the molecule is COc1cccc(-c2ccnc(Nc3ccccc3)c2)c1. The van der Waals surface area contributed by atoms with E-state index < -0.39 is 0 Å². The van der Waals surface area contributed by atoms with Crippen molar-refractivity contribution in [2.24, 2.45) is 0 Å². The van der Waals surface area contributed by atoms with Crippen molar-refractivity contribution < 1.29 is 4.74 Å². The fourth-order valence-corrected chi connectivity index (χ4v) is 2.15. The minimum atomic E-state index is 0.821. The monoisotopic (exact) mass is 276 g/mol. The molecule has 104 valence electrons. The minimum Gasteiger partial charge on any atom is -0.497 e. The molecule has 1 N–H and O–H groups in total. The van der Waals surface area contributed by atoms with Crippen LogP contribution < -0.4 is 10.1 Å². The molecule has 0 saturated heterocycles. The summed E-state index contributed by atoms with van der Waals surface area (Å²) in [6.45, 7) is 0. The Morgan fingerprint density at radius 1 is 0.857 bits per heavy atom. The number of pyridine rings is 1. The Hall–Kier alpha value is -2.81. The summed E-state index contributed by atoms with van der Waals surface area (Å²) in [5.74, 6) is 1.67. The summed E-state index contributed by atoms with van der Waals surface area (Å²) < 4.78 is 5.27. The number of para-hydroxylation sites is 1. The number of ether oxygens (including phenoxy) is 1. The van der Waals surface area contributed by atoms with Gasteiger partial charge in [0.05, 0.1) is 7.11 Å². The summed E-state index contributed by atoms with van der Waals surface area (Å²) in [6.07, 6.45) is 1.81. The van der Waals surface area contributed by atoms with Crippen molar-refractivity contribution in [2.75, 3.05) is 12.4 Å². The van der Waals surface area contributed by atoms with E-state index in [1.807, 2.05) is 60.7 Å². The van der Waals surface area contributed by atoms with Gasteiger partial charge in [0.2, 0.25) is 0 Å². The highest BCUT2D eigenvalue weighted by atomic mass is 16.5. The largest absolute Gasteiger partial charge is 0.497 e. The second-order valence-electron chi connectivity index (χ2n) is 4.65. The van der Waals surface area contributed by atoms with E-state index >= 15 is 0 Å². The summed E-state index contributed by atoms with van der Waals surface area (Å²) in [6, 6.07) is 22.0. The third kappa shape index (κ3) is 3.20. The molecule has 0 fully saturated rings. The van der Waals surface area contributed by atoms with Crippen LogP contribution in [0.4, 0.5) is 11.5 Å². The molecule has 3 heteroatoms. The van der Waals surface area contributed by atoms with E-state index in [1.165, 1.54) is 0 Å². The summed E-state index contributed by atoms with van der Waals surface area (Å²) >= 11 is 0. The number of hydrogen-bond donors (Lipinski definition) is 1. The van der Waals surface area contributed by atoms with Gasteiger partial charge < -0.3 is 10.1 Å². The molecule has 1 aromatic heterocycles. The highest BCUT2D eigenvalue weighted by molar-refractivity contribution is 5.69. The normalized spacial score (nSPS) is 10.1. The van der Waals surface area contributed by atoms with Crippen LogP contribution in [0.5, 0.6) is 5.75 Å². The van der Waals surface area contributed by atoms with Crippen molar-refractivity contribution in [3.63, 3.8) is 0 Å². The second kappa shape index (κ2) is 6.09. The van der Waals surface area contributed by atoms with E-state index in [0.29, 0.717) is 0 Å². The van der Waals surface area contributed by atoms with Crippen LogP contribution in [0.1, 0.15) is 0 Å². The van der Waals surface area contributed by atoms with Crippen LogP contribution in [0.25, 0.3) is 11.1 Å². The lowest BCUT2D eigenvalue weighted by atomic mass is 10.1. The number of benzene rings is 2. The first-order valence-electron chi connectivity index (χ1n) is 6.78. The number of anilines is 2. The van der Waals surface area contributed by atoms with Crippen molar-refractivity contribution in [3.05, 3.63) is 72.9 Å². The molecule has 0 atom stereocenters. The van der Waals surface area contributed by atoms with Crippen LogP contribution in [-0.2, 0) is 0 Å². The molecule has 1 heterocycles. The number of methoxy groups -OCH3 is 1. The summed E-state index contributed by atoms with van der Waals surface area (Å²) in [5.41, 5.74) is 3.22. The Balaban J connectivity index is 1.89. The van der Waals surface area contributed by atoms with E-state index in [1.54, 1.807) is 13.3 Å². The zero-order valence-corrected chi connectivity index (χ0v) is 11.8. The zero-order chi connectivity index (χ0) is 14.5. The zero-order valence-electron chi connectivity index (χ0n) is 11.8. The number of hydrogen-bond acceptors (Lipinski definition) is 3. The maximum Gasteiger partial charge on any atom is 0.130 e. The van der Waals surface area contributed by atoms with Crippen LogP contribution in [-0.4, -0.2) is 12.1 Å². The smallest absolute Gasteiger partial charge is 0.130 e. The van der Waals surface area contributed by atoms with Crippen LogP contribution in [0, 0.1) is 0 Å². The van der Waals surface area contributed by atoms with Gasteiger partial charge in [-0.15, -0.1) is 0 Å². The van der Waals surface area contributed by atoms with Crippen LogP contribution >= 0.6 is 0 Å². The first kappa shape index (κ1) is 13.2. The molecular weight excluding hydrogens is 260 g/mol. The third-order valence-electron chi connectivity index (χ3n) is 3.21. The number of aromatic nitrogens is 1. The quantitative estimate of drug-likeness (QED) is 0.761. The van der Waals surface area contributed by atoms with Gasteiger partial charge in [-0.05, 0) is 47.5 Å². The average molecular weight is 276 g/mol. The van der Waals surface area contributed by atoms with E-state index in [0.717, 1.165) is 28.4 Å². The van der Waals surface area contributed by atoms with E-state index in [2.05, 4.69) is 16.4 Å². The van der Waals surface area contributed by atoms with Gasteiger partial charge in [-0.1, -0.05) is 30.3 Å². The molecule has 2 aromatic carbocycles. The van der Waals surface area contributed by atoms with Gasteiger partial charge in [0.1, 0.15) is 11.6 Å². The fourth-order valence-electron chi connectivity index (χ4n) is 2.15. The van der Waals surface area contributed by atoms with Crippen molar-refractivity contribution in [3.8, 4) is 16.9 Å². The van der Waals surface area contributed by atoms with E-state index in [9.17, 15) is 0 Å². The molecule has 0 bridgehead atoms. The predicted molar refractivity (Wildman–Crippen MR) is 85.9 cm³/mol. The summed E-state index contributed by atoms with van der Waals surface area (Å²) in [4.78, 5) is 4.36. The lowest BCUT2D eigenvalue weighted by Gasteiger charge is -2.08. The minimum absolute atomic E-state index is 0.821. The average Bonchev–Trinajstić information content (AvgIpc) is 2.56. The molecule has 3 rings (SSSR count). The van der Waals surface area contributed by atoms with E-state index in [4.69, 9.17) is 4.74 Å². The van der Waals surface area contributed by atoms with Crippen LogP contribution in [0.15, 0.2) is 72.9 Å². The molecular formula is C18H16N2O. The van der Waals surface area contributed by atoms with Gasteiger partial charge in [-0.2, -0.15) is 0 Å². The molecule has 0 saturated carbocycles. The fraction of sp³-hybridized carbons (Fsp3) is 0.0556. The number of nitrogens with zero attached hydrogens (tertiary/aromatic N) is 1. The summed E-state index contributed by atoms with van der Waals surface area (Å²) in [7, 11) is 1.67. The van der Waals surface area contributed by atoms with Crippen molar-refractivity contribution in [2.45, 2.75) is 0 Å². The highest BCUT2D eigenvalue weighted by Gasteiger charge is 2.02. The van der Waals surface area contributed by atoms with E-state index in [-0.39, 0.29) is 0 Å². The van der Waals surface area contributed by atoms with Crippen molar-refractivity contribution in [1.82, 2.24) is 4.98 Å². The van der Waals surface area contributed by atoms with Crippen LogP contribution in [0.2, 0.25) is 0 Å². The molecule has 0 unspecified atom stereocenters. The molecule has 0 aliphatic rings. The Labute approximate surface area is 124 Å². The molecule has 21 heavy (non-hydrogen) atoms. The second-order valence-corrected chi connectivity index (χ2v) is 4.65. The molecule has 0 spiro atoms. The molecule has 0 aliphatic heterocycles. The first-order valence-corrected chi connectivity index (χ1v) is 6.78. The van der Waals surface area contributed by atoms with Gasteiger partial charge in [-0.25, -0.2) is 4.98 Å². The van der Waals surface area contributed by atoms with Gasteiger partial charge in [0.15, 0.2) is 0 Å². The first-order chi connectivity index (χ1) is 10.3. The molecule has 3 aromatic rings. The van der Waals surface area contributed by atoms with Crippen LogP contribution in [0.3, 0.4) is 0 Å². The Bertz CT molecular complexity index is 726. The lowest BCUT2D eigenvalue weighted by molar-refractivity contribution is 0.415. The maximum atomic E-state index is 5.27. The highest BCUT2D eigenvalue weighted by Crippen LogP contribution is 2.25. The maximum absolute atomic E-state index is 5.27. The standard InChI is InChI=1S/C18H16N2O/c1-21-17-9-5-6-14(12-17)15-10-11-19-18(13-15)20-16-7-3-2-4-8-16/h2-13H,1H3,(H,19,20). The Morgan fingerprint density at radius 2 is 1.67 bits per heavy atom. The Morgan fingerprint density at radius 3 is 2.48 bits per heavy atom. The third-order valence-corrected chi connectivity index (χ3v) is 3.21. The van der Waals surface area contributed by atoms with Crippen molar-refractivity contribution in [1.29, 1.82) is 0 Å². The summed E-state index contributed by atoms with van der Waals surface area (Å²) in [5, 5.41) is 3.30. The number of rotatable bonds is 4. The number of nitrogens with one attached hydrogen (secondary N) is 1. The Kier molecular flexibility index (Phi) is 3.83. The van der Waals surface area contributed by atoms with Gasteiger partial charge in [-0.3, -0.25) is 0 Å². The van der Waals surface area contributed by atoms with Gasteiger partial charge >= 0.3 is 0 Å². The lowest BCUT2D eigenvalue weighted by Crippen LogP contribution is -1.93. The molecule has 0 radical (unpaired) electrons.